The molecule has 0 aromatic carbocycles. The molecule has 0 bridgehead atoms. The van der Waals surface area contributed by atoms with E-state index in [1.807, 2.05) is 11.8 Å². The van der Waals surface area contributed by atoms with E-state index in [2.05, 4.69) is 26.3 Å². The molecule has 0 spiro atoms. The SMILES string of the molecule is CCCn1ncc(NCC(=O)N2CCCCC2)c(Br)c1=O. The lowest BCUT2D eigenvalue weighted by atomic mass is 10.1. The zero-order valence-corrected chi connectivity index (χ0v) is 13.9. The van der Waals surface area contributed by atoms with Crippen LogP contribution in [0.25, 0.3) is 0 Å². The monoisotopic (exact) mass is 356 g/mol. The summed E-state index contributed by atoms with van der Waals surface area (Å²) in [5, 5.41) is 7.11. The Hall–Kier alpha value is -1.37. The molecule has 0 unspecified atom stereocenters. The number of hydrogen-bond acceptors (Lipinski definition) is 4. The number of carbonyl (C=O) groups excluding carboxylic acids is 1. The zero-order chi connectivity index (χ0) is 15.2. The van der Waals surface area contributed by atoms with Crippen LogP contribution >= 0.6 is 15.9 Å². The minimum Gasteiger partial charge on any atom is -0.374 e. The summed E-state index contributed by atoms with van der Waals surface area (Å²) in [7, 11) is 0. The van der Waals surface area contributed by atoms with Crippen LogP contribution in [0, 0.1) is 0 Å². The Kier molecular flexibility index (Phi) is 5.78. The van der Waals surface area contributed by atoms with E-state index >= 15 is 0 Å². The highest BCUT2D eigenvalue weighted by molar-refractivity contribution is 9.10. The minimum absolute atomic E-state index is 0.0688. The number of nitrogens with zero attached hydrogens (tertiary/aromatic N) is 3. The van der Waals surface area contributed by atoms with Crippen molar-refractivity contribution in [2.24, 2.45) is 0 Å². The molecule has 1 amide bonds. The highest BCUT2D eigenvalue weighted by atomic mass is 79.9. The Bertz CT molecular complexity index is 552. The first kappa shape index (κ1) is 16.0. The number of halogens is 1. The van der Waals surface area contributed by atoms with Gasteiger partial charge in [0.25, 0.3) is 5.56 Å². The molecule has 1 aliphatic rings. The first-order valence-electron chi connectivity index (χ1n) is 7.40. The Labute approximate surface area is 132 Å². The van der Waals surface area contributed by atoms with Crippen LogP contribution in [0.2, 0.25) is 0 Å². The van der Waals surface area contributed by atoms with Gasteiger partial charge in [-0.15, -0.1) is 0 Å². The lowest BCUT2D eigenvalue weighted by Crippen LogP contribution is -2.39. The van der Waals surface area contributed by atoms with E-state index in [1.54, 1.807) is 6.20 Å². The highest BCUT2D eigenvalue weighted by Crippen LogP contribution is 2.16. The van der Waals surface area contributed by atoms with Gasteiger partial charge in [0.1, 0.15) is 4.47 Å². The molecular formula is C14H21BrN4O2. The predicted octanol–water partition coefficient (Wildman–Crippen LogP) is 1.84. The van der Waals surface area contributed by atoms with Crippen molar-refractivity contribution < 1.29 is 4.79 Å². The van der Waals surface area contributed by atoms with Crippen molar-refractivity contribution in [2.75, 3.05) is 25.0 Å². The molecule has 1 N–H and O–H groups in total. The molecule has 2 heterocycles. The molecule has 1 fully saturated rings. The van der Waals surface area contributed by atoms with Crippen LogP contribution in [-0.4, -0.2) is 40.2 Å². The molecule has 1 aliphatic heterocycles. The van der Waals surface area contributed by atoms with Crippen LogP contribution in [0.1, 0.15) is 32.6 Å². The van der Waals surface area contributed by atoms with Gasteiger partial charge < -0.3 is 10.2 Å². The van der Waals surface area contributed by atoms with E-state index in [1.165, 1.54) is 11.1 Å². The van der Waals surface area contributed by atoms with Crippen LogP contribution in [0.3, 0.4) is 0 Å². The predicted molar refractivity (Wildman–Crippen MR) is 85.4 cm³/mol. The smallest absolute Gasteiger partial charge is 0.283 e. The fraction of sp³-hybridized carbons (Fsp3) is 0.643. The molecule has 1 saturated heterocycles. The quantitative estimate of drug-likeness (QED) is 0.873. The summed E-state index contributed by atoms with van der Waals surface area (Å²) in [6.07, 6.45) is 5.78. The Balaban J connectivity index is 1.98. The Morgan fingerprint density at radius 1 is 1.38 bits per heavy atom. The highest BCUT2D eigenvalue weighted by Gasteiger charge is 2.17. The number of aryl methyl sites for hydroxylation is 1. The van der Waals surface area contributed by atoms with Crippen LogP contribution in [0.5, 0.6) is 0 Å². The molecule has 0 atom stereocenters. The van der Waals surface area contributed by atoms with Gasteiger partial charge in [0, 0.05) is 19.6 Å². The first-order valence-corrected chi connectivity index (χ1v) is 8.20. The first-order chi connectivity index (χ1) is 10.1. The average molecular weight is 357 g/mol. The van der Waals surface area contributed by atoms with Crippen molar-refractivity contribution >= 4 is 27.5 Å². The van der Waals surface area contributed by atoms with Crippen molar-refractivity contribution in [1.29, 1.82) is 0 Å². The molecular weight excluding hydrogens is 336 g/mol. The molecule has 0 aliphatic carbocycles. The van der Waals surface area contributed by atoms with Crippen molar-refractivity contribution in [1.82, 2.24) is 14.7 Å². The number of hydrogen-bond donors (Lipinski definition) is 1. The molecule has 6 nitrogen and oxygen atoms in total. The van der Waals surface area contributed by atoms with E-state index < -0.39 is 0 Å². The third-order valence-corrected chi connectivity index (χ3v) is 4.33. The summed E-state index contributed by atoms with van der Waals surface area (Å²) < 4.78 is 1.85. The van der Waals surface area contributed by atoms with Crippen LogP contribution in [0.15, 0.2) is 15.5 Å². The standard InChI is InChI=1S/C14H21BrN4O2/c1-2-6-19-14(21)13(15)11(9-17-19)16-10-12(20)18-7-4-3-5-8-18/h9,16H,2-8,10H2,1H3. The van der Waals surface area contributed by atoms with E-state index in [0.29, 0.717) is 16.7 Å². The third kappa shape index (κ3) is 4.06. The van der Waals surface area contributed by atoms with Gasteiger partial charge in [-0.25, -0.2) is 4.68 Å². The minimum atomic E-state index is -0.174. The number of aromatic nitrogens is 2. The Morgan fingerprint density at radius 2 is 2.10 bits per heavy atom. The number of piperidine rings is 1. The molecule has 1 aromatic heterocycles. The molecule has 21 heavy (non-hydrogen) atoms. The van der Waals surface area contributed by atoms with Crippen molar-refractivity contribution in [2.45, 2.75) is 39.2 Å². The summed E-state index contributed by atoms with van der Waals surface area (Å²) in [6, 6.07) is 0. The van der Waals surface area contributed by atoms with Crippen molar-refractivity contribution in [3.8, 4) is 0 Å². The van der Waals surface area contributed by atoms with Gasteiger partial charge in [-0.2, -0.15) is 5.10 Å². The van der Waals surface area contributed by atoms with Gasteiger partial charge in [0.05, 0.1) is 18.4 Å². The molecule has 7 heteroatoms. The van der Waals surface area contributed by atoms with Gasteiger partial charge in [0.2, 0.25) is 5.91 Å². The maximum atomic E-state index is 12.1. The molecule has 116 valence electrons. The number of likely N-dealkylation sites (tertiary alicyclic amines) is 1. The lowest BCUT2D eigenvalue weighted by Gasteiger charge is -2.26. The molecule has 2 rings (SSSR count). The van der Waals surface area contributed by atoms with Gasteiger partial charge in [0.15, 0.2) is 0 Å². The van der Waals surface area contributed by atoms with E-state index in [9.17, 15) is 9.59 Å². The number of nitrogens with one attached hydrogen (secondary N) is 1. The summed E-state index contributed by atoms with van der Waals surface area (Å²) in [5.41, 5.74) is 0.394. The number of rotatable bonds is 5. The van der Waals surface area contributed by atoms with Crippen molar-refractivity contribution in [3.05, 3.63) is 21.0 Å². The van der Waals surface area contributed by atoms with E-state index in [0.717, 1.165) is 32.4 Å². The molecule has 1 aromatic rings. The maximum Gasteiger partial charge on any atom is 0.283 e. The Morgan fingerprint density at radius 3 is 2.76 bits per heavy atom. The normalized spacial score (nSPS) is 15.0. The largest absolute Gasteiger partial charge is 0.374 e. The van der Waals surface area contributed by atoms with Gasteiger partial charge in [-0.3, -0.25) is 9.59 Å². The lowest BCUT2D eigenvalue weighted by molar-refractivity contribution is -0.130. The third-order valence-electron chi connectivity index (χ3n) is 3.56. The summed E-state index contributed by atoms with van der Waals surface area (Å²) in [4.78, 5) is 26.0. The van der Waals surface area contributed by atoms with Gasteiger partial charge >= 0.3 is 0 Å². The second-order valence-electron chi connectivity index (χ2n) is 5.20. The second kappa shape index (κ2) is 7.59. The zero-order valence-electron chi connectivity index (χ0n) is 12.3. The summed E-state index contributed by atoms with van der Waals surface area (Å²) in [6.45, 7) is 4.43. The van der Waals surface area contributed by atoms with Crippen LogP contribution < -0.4 is 10.9 Å². The van der Waals surface area contributed by atoms with Gasteiger partial charge in [-0.05, 0) is 41.6 Å². The summed E-state index contributed by atoms with van der Waals surface area (Å²) >= 11 is 3.29. The molecule has 0 radical (unpaired) electrons. The number of carbonyl (C=O) groups is 1. The topological polar surface area (TPSA) is 67.2 Å². The average Bonchev–Trinajstić information content (AvgIpc) is 2.52. The summed E-state index contributed by atoms with van der Waals surface area (Å²) in [5.74, 6) is 0.0688. The maximum absolute atomic E-state index is 12.1. The van der Waals surface area contributed by atoms with Crippen molar-refractivity contribution in [3.63, 3.8) is 0 Å². The number of amides is 1. The van der Waals surface area contributed by atoms with Gasteiger partial charge in [-0.1, -0.05) is 6.92 Å². The molecule has 0 saturated carbocycles. The second-order valence-corrected chi connectivity index (χ2v) is 5.99. The van der Waals surface area contributed by atoms with E-state index in [-0.39, 0.29) is 18.0 Å². The van der Waals surface area contributed by atoms with Crippen LogP contribution in [-0.2, 0) is 11.3 Å². The number of anilines is 1. The fourth-order valence-corrected chi connectivity index (χ4v) is 2.83. The fourth-order valence-electron chi connectivity index (χ4n) is 2.39. The van der Waals surface area contributed by atoms with E-state index in [4.69, 9.17) is 0 Å². The van der Waals surface area contributed by atoms with Crippen LogP contribution in [0.4, 0.5) is 5.69 Å².